The summed E-state index contributed by atoms with van der Waals surface area (Å²) in [6.45, 7) is 3.74. The van der Waals surface area contributed by atoms with Crippen molar-refractivity contribution in [2.24, 2.45) is 0 Å². The van der Waals surface area contributed by atoms with Crippen molar-refractivity contribution in [3.05, 3.63) is 29.3 Å². The zero-order valence-electron chi connectivity index (χ0n) is 9.70. The standard InChI is InChI=1S/C13H18N2O/c1-15-6-4-11-8-10(2-3-13(11)15)12-9-16-7-5-14-12/h2-3,8,12,14H,4-7,9H2,1H3. The van der Waals surface area contributed by atoms with Crippen LogP contribution in [0.2, 0.25) is 0 Å². The van der Waals surface area contributed by atoms with Crippen molar-refractivity contribution in [1.29, 1.82) is 0 Å². The van der Waals surface area contributed by atoms with E-state index in [1.165, 1.54) is 23.2 Å². The van der Waals surface area contributed by atoms with Crippen LogP contribution in [-0.4, -0.2) is 33.4 Å². The first kappa shape index (κ1) is 10.1. The molecule has 3 heteroatoms. The maximum Gasteiger partial charge on any atom is 0.0662 e. The molecule has 1 fully saturated rings. The third kappa shape index (κ3) is 1.70. The van der Waals surface area contributed by atoms with Crippen molar-refractivity contribution in [3.63, 3.8) is 0 Å². The maximum absolute atomic E-state index is 5.50. The van der Waals surface area contributed by atoms with E-state index in [2.05, 4.69) is 35.5 Å². The minimum absolute atomic E-state index is 0.380. The van der Waals surface area contributed by atoms with E-state index in [1.54, 1.807) is 0 Å². The van der Waals surface area contributed by atoms with Crippen LogP contribution in [0.3, 0.4) is 0 Å². The minimum Gasteiger partial charge on any atom is -0.378 e. The average Bonchev–Trinajstić information content (AvgIpc) is 2.72. The fraction of sp³-hybridized carbons (Fsp3) is 0.538. The van der Waals surface area contributed by atoms with Crippen LogP contribution in [-0.2, 0) is 11.2 Å². The summed E-state index contributed by atoms with van der Waals surface area (Å²) in [7, 11) is 2.16. The van der Waals surface area contributed by atoms with Crippen molar-refractivity contribution in [3.8, 4) is 0 Å². The molecule has 0 saturated carbocycles. The summed E-state index contributed by atoms with van der Waals surface area (Å²) in [5.74, 6) is 0. The SMILES string of the molecule is CN1CCc2cc(C3COCCN3)ccc21. The molecule has 2 aliphatic heterocycles. The molecule has 1 atom stereocenters. The lowest BCUT2D eigenvalue weighted by molar-refractivity contribution is 0.0769. The molecule has 3 rings (SSSR count). The summed E-state index contributed by atoms with van der Waals surface area (Å²) in [6.07, 6.45) is 1.17. The van der Waals surface area contributed by atoms with E-state index in [0.29, 0.717) is 6.04 Å². The van der Waals surface area contributed by atoms with Gasteiger partial charge in [-0.2, -0.15) is 0 Å². The van der Waals surface area contributed by atoms with Crippen molar-refractivity contribution >= 4 is 5.69 Å². The maximum atomic E-state index is 5.50. The van der Waals surface area contributed by atoms with Gasteiger partial charge in [0.15, 0.2) is 0 Å². The van der Waals surface area contributed by atoms with E-state index in [1.807, 2.05) is 0 Å². The van der Waals surface area contributed by atoms with E-state index < -0.39 is 0 Å². The normalized spacial score (nSPS) is 24.6. The van der Waals surface area contributed by atoms with Gasteiger partial charge in [-0.25, -0.2) is 0 Å². The van der Waals surface area contributed by atoms with Crippen molar-refractivity contribution in [2.75, 3.05) is 38.3 Å². The highest BCUT2D eigenvalue weighted by molar-refractivity contribution is 5.58. The average molecular weight is 218 g/mol. The molecule has 0 aromatic heterocycles. The second-order valence-electron chi connectivity index (χ2n) is 4.64. The summed E-state index contributed by atoms with van der Waals surface area (Å²) in [4.78, 5) is 2.32. The van der Waals surface area contributed by atoms with Gasteiger partial charge in [0.1, 0.15) is 0 Å². The van der Waals surface area contributed by atoms with Crippen molar-refractivity contribution in [2.45, 2.75) is 12.5 Å². The minimum atomic E-state index is 0.380. The number of nitrogens with zero attached hydrogens (tertiary/aromatic N) is 1. The smallest absolute Gasteiger partial charge is 0.0662 e. The van der Waals surface area contributed by atoms with Crippen LogP contribution in [0.1, 0.15) is 17.2 Å². The van der Waals surface area contributed by atoms with Crippen LogP contribution in [0, 0.1) is 0 Å². The van der Waals surface area contributed by atoms with Gasteiger partial charge in [0.05, 0.1) is 19.3 Å². The Morgan fingerprint density at radius 1 is 1.44 bits per heavy atom. The summed E-state index contributed by atoms with van der Waals surface area (Å²) in [6, 6.07) is 7.19. The summed E-state index contributed by atoms with van der Waals surface area (Å²) >= 11 is 0. The van der Waals surface area contributed by atoms with Gasteiger partial charge < -0.3 is 15.0 Å². The Kier molecular flexibility index (Phi) is 2.58. The van der Waals surface area contributed by atoms with E-state index in [4.69, 9.17) is 4.74 Å². The molecular weight excluding hydrogens is 200 g/mol. The predicted octanol–water partition coefficient (Wildman–Crippen LogP) is 1.34. The molecule has 1 aromatic rings. The third-order valence-corrected chi connectivity index (χ3v) is 3.56. The van der Waals surface area contributed by atoms with E-state index in [0.717, 1.165) is 26.3 Å². The van der Waals surface area contributed by atoms with Gasteiger partial charge in [-0.15, -0.1) is 0 Å². The quantitative estimate of drug-likeness (QED) is 0.770. The fourth-order valence-electron chi connectivity index (χ4n) is 2.58. The number of fused-ring (bicyclic) bond motifs is 1. The molecular formula is C13H18N2O. The molecule has 1 aromatic carbocycles. The second-order valence-corrected chi connectivity index (χ2v) is 4.64. The van der Waals surface area contributed by atoms with Crippen molar-refractivity contribution < 1.29 is 4.74 Å². The monoisotopic (exact) mass is 218 g/mol. The molecule has 0 radical (unpaired) electrons. The number of hydrogen-bond acceptors (Lipinski definition) is 3. The lowest BCUT2D eigenvalue weighted by Gasteiger charge is -2.24. The second kappa shape index (κ2) is 4.07. The first-order valence-electron chi connectivity index (χ1n) is 6.00. The Balaban J connectivity index is 1.86. The van der Waals surface area contributed by atoms with Crippen LogP contribution in [0.5, 0.6) is 0 Å². The summed E-state index contributed by atoms with van der Waals surface area (Å²) < 4.78 is 5.50. The van der Waals surface area contributed by atoms with E-state index in [9.17, 15) is 0 Å². The Bertz CT molecular complexity index is 386. The molecule has 2 heterocycles. The molecule has 0 bridgehead atoms. The van der Waals surface area contributed by atoms with Gasteiger partial charge in [0.25, 0.3) is 0 Å². The lowest BCUT2D eigenvalue weighted by atomic mass is 10.0. The molecule has 1 N–H and O–H groups in total. The molecule has 0 amide bonds. The number of rotatable bonds is 1. The number of morpholine rings is 1. The third-order valence-electron chi connectivity index (χ3n) is 3.56. The summed E-state index contributed by atoms with van der Waals surface area (Å²) in [5, 5.41) is 3.50. The number of ether oxygens (including phenoxy) is 1. The Hall–Kier alpha value is -1.06. The largest absolute Gasteiger partial charge is 0.378 e. The zero-order valence-corrected chi connectivity index (χ0v) is 9.70. The molecule has 0 spiro atoms. The number of anilines is 1. The predicted molar refractivity (Wildman–Crippen MR) is 65.0 cm³/mol. The Morgan fingerprint density at radius 3 is 3.19 bits per heavy atom. The fourth-order valence-corrected chi connectivity index (χ4v) is 2.58. The van der Waals surface area contributed by atoms with Crippen LogP contribution in [0.15, 0.2) is 18.2 Å². The van der Waals surface area contributed by atoms with Gasteiger partial charge in [-0.1, -0.05) is 12.1 Å². The number of hydrogen-bond donors (Lipinski definition) is 1. The van der Waals surface area contributed by atoms with E-state index >= 15 is 0 Å². The van der Waals surface area contributed by atoms with Crippen LogP contribution in [0.25, 0.3) is 0 Å². The first-order valence-corrected chi connectivity index (χ1v) is 6.00. The highest BCUT2D eigenvalue weighted by atomic mass is 16.5. The molecule has 3 nitrogen and oxygen atoms in total. The summed E-state index contributed by atoms with van der Waals surface area (Å²) in [5.41, 5.74) is 4.24. The number of benzene rings is 1. The highest BCUT2D eigenvalue weighted by Gasteiger charge is 2.20. The van der Waals surface area contributed by atoms with Crippen LogP contribution < -0.4 is 10.2 Å². The molecule has 2 aliphatic rings. The molecule has 86 valence electrons. The van der Waals surface area contributed by atoms with Crippen molar-refractivity contribution in [1.82, 2.24) is 5.32 Å². The molecule has 0 aliphatic carbocycles. The topological polar surface area (TPSA) is 24.5 Å². The first-order chi connectivity index (χ1) is 7.84. The van der Waals surface area contributed by atoms with Crippen LogP contribution >= 0.6 is 0 Å². The zero-order chi connectivity index (χ0) is 11.0. The van der Waals surface area contributed by atoms with E-state index in [-0.39, 0.29) is 0 Å². The van der Waals surface area contributed by atoms with Gasteiger partial charge in [0.2, 0.25) is 0 Å². The molecule has 1 saturated heterocycles. The lowest BCUT2D eigenvalue weighted by Crippen LogP contribution is -2.34. The van der Waals surface area contributed by atoms with Gasteiger partial charge >= 0.3 is 0 Å². The van der Waals surface area contributed by atoms with Gasteiger partial charge in [0, 0.05) is 25.8 Å². The molecule has 16 heavy (non-hydrogen) atoms. The van der Waals surface area contributed by atoms with Gasteiger partial charge in [-0.3, -0.25) is 0 Å². The Morgan fingerprint density at radius 2 is 2.38 bits per heavy atom. The number of likely N-dealkylation sites (N-methyl/N-ethyl adjacent to an activating group) is 1. The molecule has 1 unspecified atom stereocenters. The highest BCUT2D eigenvalue weighted by Crippen LogP contribution is 2.29. The van der Waals surface area contributed by atoms with Crippen LogP contribution in [0.4, 0.5) is 5.69 Å². The number of nitrogens with one attached hydrogen (secondary N) is 1. The van der Waals surface area contributed by atoms with Gasteiger partial charge in [-0.05, 0) is 23.6 Å². The Labute approximate surface area is 96.4 Å².